The van der Waals surface area contributed by atoms with Gasteiger partial charge in [0.2, 0.25) is 5.91 Å². The van der Waals surface area contributed by atoms with Crippen LogP contribution < -0.4 is 5.32 Å². The molecule has 1 unspecified atom stereocenters. The molecule has 100 valence electrons. The molecular weight excluding hydrogens is 233 g/mol. The molecule has 0 aliphatic heterocycles. The minimum atomic E-state index is -1.61. The zero-order valence-corrected chi connectivity index (χ0v) is 10.7. The molecule has 0 saturated heterocycles. The third kappa shape index (κ3) is 1.86. The van der Waals surface area contributed by atoms with Crippen LogP contribution in [0.4, 0.5) is 4.39 Å². The van der Waals surface area contributed by atoms with E-state index in [0.717, 1.165) is 19.3 Å². The van der Waals surface area contributed by atoms with Gasteiger partial charge >= 0.3 is 0 Å². The van der Waals surface area contributed by atoms with E-state index >= 15 is 0 Å². The van der Waals surface area contributed by atoms with Gasteiger partial charge in [-0.1, -0.05) is 0 Å². The summed E-state index contributed by atoms with van der Waals surface area (Å²) in [4.78, 5) is 23.7. The second kappa shape index (κ2) is 4.04. The maximum atomic E-state index is 12.9. The Bertz CT molecular complexity index is 356. The summed E-state index contributed by atoms with van der Waals surface area (Å²) in [5.41, 5.74) is -0.362. The molecule has 0 radical (unpaired) electrons. The predicted octanol–water partition coefficient (Wildman–Crippen LogP) is 2.20. The van der Waals surface area contributed by atoms with Gasteiger partial charge in [-0.25, -0.2) is 4.39 Å². The van der Waals surface area contributed by atoms with E-state index in [1.807, 2.05) is 0 Å². The Morgan fingerprint density at radius 3 is 1.94 bits per heavy atom. The molecule has 4 heteroatoms. The van der Waals surface area contributed by atoms with Gasteiger partial charge in [-0.2, -0.15) is 0 Å². The Kier molecular flexibility index (Phi) is 2.72. The number of rotatable bonds is 2. The van der Waals surface area contributed by atoms with Crippen molar-refractivity contribution < 1.29 is 14.0 Å². The van der Waals surface area contributed by atoms with Crippen LogP contribution in [0.15, 0.2) is 0 Å². The summed E-state index contributed by atoms with van der Waals surface area (Å²) < 4.78 is 12.9. The molecule has 0 aromatic carbocycles. The van der Waals surface area contributed by atoms with Gasteiger partial charge in [-0.3, -0.25) is 14.9 Å². The van der Waals surface area contributed by atoms with Crippen LogP contribution in [0.25, 0.3) is 0 Å². The van der Waals surface area contributed by atoms with Crippen LogP contribution in [0.2, 0.25) is 0 Å². The summed E-state index contributed by atoms with van der Waals surface area (Å²) >= 11 is 0. The predicted molar refractivity (Wildman–Crippen MR) is 64.3 cm³/mol. The largest absolute Gasteiger partial charge is 0.293 e. The topological polar surface area (TPSA) is 46.2 Å². The highest BCUT2D eigenvalue weighted by atomic mass is 19.1. The van der Waals surface area contributed by atoms with E-state index in [2.05, 4.69) is 5.32 Å². The number of nitrogens with one attached hydrogen (secondary N) is 1. The van der Waals surface area contributed by atoms with Gasteiger partial charge in [0.15, 0.2) is 6.17 Å². The first-order chi connectivity index (χ1) is 8.48. The Hall–Kier alpha value is -0.930. The van der Waals surface area contributed by atoms with Gasteiger partial charge in [0.05, 0.1) is 5.41 Å². The van der Waals surface area contributed by atoms with Gasteiger partial charge in [0.25, 0.3) is 5.91 Å². The number of alkyl halides is 1. The van der Waals surface area contributed by atoms with Crippen LogP contribution in [0, 0.1) is 23.2 Å². The minimum Gasteiger partial charge on any atom is -0.293 e. The Balaban J connectivity index is 1.75. The fraction of sp³-hybridized carbons (Fsp3) is 0.857. The molecule has 18 heavy (non-hydrogen) atoms. The number of hydrogen-bond acceptors (Lipinski definition) is 2. The fourth-order valence-electron chi connectivity index (χ4n) is 4.73. The van der Waals surface area contributed by atoms with Crippen LogP contribution in [0.1, 0.15) is 45.4 Å². The van der Waals surface area contributed by atoms with E-state index in [4.69, 9.17) is 0 Å². The Morgan fingerprint density at radius 1 is 1.11 bits per heavy atom. The normalized spacial score (nSPS) is 42.7. The summed E-state index contributed by atoms with van der Waals surface area (Å²) in [6.45, 7) is 1.17. The minimum absolute atomic E-state index is 0.212. The lowest BCUT2D eigenvalue weighted by atomic mass is 9.49. The molecule has 1 atom stereocenters. The van der Waals surface area contributed by atoms with Crippen molar-refractivity contribution in [3.05, 3.63) is 0 Å². The maximum Gasteiger partial charge on any atom is 0.260 e. The van der Waals surface area contributed by atoms with Gasteiger partial charge in [-0.05, 0) is 63.2 Å². The lowest BCUT2D eigenvalue weighted by Gasteiger charge is -2.55. The van der Waals surface area contributed by atoms with Gasteiger partial charge in [0.1, 0.15) is 0 Å². The van der Waals surface area contributed by atoms with Crippen molar-refractivity contribution in [2.24, 2.45) is 23.2 Å². The average Bonchev–Trinajstić information content (AvgIpc) is 2.26. The van der Waals surface area contributed by atoms with Crippen molar-refractivity contribution in [1.29, 1.82) is 0 Å². The van der Waals surface area contributed by atoms with Crippen LogP contribution in [0.3, 0.4) is 0 Å². The third-order valence-electron chi connectivity index (χ3n) is 5.12. The van der Waals surface area contributed by atoms with E-state index < -0.39 is 12.1 Å². The number of halogens is 1. The van der Waals surface area contributed by atoms with Gasteiger partial charge in [-0.15, -0.1) is 0 Å². The molecule has 4 saturated carbocycles. The lowest BCUT2D eigenvalue weighted by molar-refractivity contribution is -0.150. The number of carbonyl (C=O) groups is 2. The van der Waals surface area contributed by atoms with Gasteiger partial charge < -0.3 is 0 Å². The smallest absolute Gasteiger partial charge is 0.260 e. The van der Waals surface area contributed by atoms with Crippen molar-refractivity contribution in [1.82, 2.24) is 5.32 Å². The third-order valence-corrected chi connectivity index (χ3v) is 5.12. The molecule has 0 aromatic heterocycles. The molecule has 4 aliphatic carbocycles. The highest BCUT2D eigenvalue weighted by Crippen LogP contribution is 2.60. The molecule has 2 amide bonds. The highest BCUT2D eigenvalue weighted by molar-refractivity contribution is 5.99. The first kappa shape index (κ1) is 12.1. The molecule has 0 aromatic rings. The van der Waals surface area contributed by atoms with Crippen molar-refractivity contribution in [2.75, 3.05) is 0 Å². The lowest BCUT2D eigenvalue weighted by Crippen LogP contribution is -2.55. The van der Waals surface area contributed by atoms with E-state index in [9.17, 15) is 14.0 Å². The van der Waals surface area contributed by atoms with Crippen molar-refractivity contribution in [3.8, 4) is 0 Å². The first-order valence-corrected chi connectivity index (χ1v) is 6.98. The zero-order chi connectivity index (χ0) is 12.9. The second-order valence-electron chi connectivity index (χ2n) is 6.63. The van der Waals surface area contributed by atoms with Crippen LogP contribution >= 0.6 is 0 Å². The molecular formula is C14H20FNO2. The summed E-state index contributed by atoms with van der Waals surface area (Å²) in [5, 5.41) is 2.28. The van der Waals surface area contributed by atoms with E-state index in [1.54, 1.807) is 0 Å². The molecule has 1 N–H and O–H groups in total. The Labute approximate surface area is 107 Å². The molecule has 0 spiro atoms. The maximum absolute atomic E-state index is 12.9. The monoisotopic (exact) mass is 253 g/mol. The molecule has 4 fully saturated rings. The van der Waals surface area contributed by atoms with Crippen molar-refractivity contribution in [2.45, 2.75) is 51.6 Å². The first-order valence-electron chi connectivity index (χ1n) is 6.98. The quantitative estimate of drug-likeness (QED) is 0.820. The molecule has 0 heterocycles. The number of carbonyl (C=O) groups excluding carboxylic acids is 2. The zero-order valence-electron chi connectivity index (χ0n) is 10.7. The van der Waals surface area contributed by atoms with E-state index in [-0.39, 0.29) is 11.3 Å². The van der Waals surface area contributed by atoms with E-state index in [1.165, 1.54) is 26.2 Å². The summed E-state index contributed by atoms with van der Waals surface area (Å²) in [6, 6.07) is 0. The Morgan fingerprint density at radius 2 is 1.56 bits per heavy atom. The standard InChI is InChI=1S/C14H20FNO2/c1-8(15)12(17)16-13(18)14-5-9-2-10(6-14)4-11(3-9)7-14/h8-11H,2-7H2,1H3,(H,16,17,18). The van der Waals surface area contributed by atoms with Crippen LogP contribution in [-0.4, -0.2) is 18.0 Å². The summed E-state index contributed by atoms with van der Waals surface area (Å²) in [5.74, 6) is 0.964. The van der Waals surface area contributed by atoms with Gasteiger partial charge in [0, 0.05) is 0 Å². The second-order valence-corrected chi connectivity index (χ2v) is 6.63. The van der Waals surface area contributed by atoms with Crippen molar-refractivity contribution >= 4 is 11.8 Å². The van der Waals surface area contributed by atoms with E-state index in [0.29, 0.717) is 17.8 Å². The summed E-state index contributed by atoms with van der Waals surface area (Å²) in [6.07, 6.45) is 4.85. The number of imide groups is 1. The molecule has 4 bridgehead atoms. The SMILES string of the molecule is CC(F)C(=O)NC(=O)C12CC3CC(CC(C3)C1)C2. The molecule has 4 rings (SSSR count). The fourth-order valence-corrected chi connectivity index (χ4v) is 4.73. The number of hydrogen-bond donors (Lipinski definition) is 1. The van der Waals surface area contributed by atoms with Crippen LogP contribution in [-0.2, 0) is 9.59 Å². The van der Waals surface area contributed by atoms with Crippen molar-refractivity contribution in [3.63, 3.8) is 0 Å². The highest BCUT2D eigenvalue weighted by Gasteiger charge is 2.54. The molecule has 3 nitrogen and oxygen atoms in total. The van der Waals surface area contributed by atoms with Crippen LogP contribution in [0.5, 0.6) is 0 Å². The average molecular weight is 253 g/mol. The molecule has 4 aliphatic rings. The number of amides is 2. The summed E-state index contributed by atoms with van der Waals surface area (Å²) in [7, 11) is 0.